The summed E-state index contributed by atoms with van der Waals surface area (Å²) in [6.45, 7) is 16.5. The maximum absolute atomic E-state index is 2.41. The molecule has 0 spiro atoms. The van der Waals surface area contributed by atoms with Crippen LogP contribution < -0.4 is 0 Å². The summed E-state index contributed by atoms with van der Waals surface area (Å²) in [5, 5.41) is 0. The van der Waals surface area contributed by atoms with Crippen LogP contribution in [0, 0.1) is 23.2 Å². The summed E-state index contributed by atoms with van der Waals surface area (Å²) in [5.74, 6) is 2.57. The summed E-state index contributed by atoms with van der Waals surface area (Å²) in [4.78, 5) is 0. The van der Waals surface area contributed by atoms with Gasteiger partial charge in [-0.25, -0.2) is 0 Å². The molecule has 1 unspecified atom stereocenters. The van der Waals surface area contributed by atoms with Gasteiger partial charge in [-0.1, -0.05) is 54.9 Å². The Hall–Kier alpha value is 0. The van der Waals surface area contributed by atoms with Gasteiger partial charge in [0.15, 0.2) is 0 Å². The predicted octanol–water partition coefficient (Wildman–Crippen LogP) is 5.13. The van der Waals surface area contributed by atoms with Crippen molar-refractivity contribution in [2.75, 3.05) is 0 Å². The summed E-state index contributed by atoms with van der Waals surface area (Å²) >= 11 is 0. The Bertz CT molecular complexity index is 142. The van der Waals surface area contributed by atoms with E-state index in [-0.39, 0.29) is 0 Å². The van der Waals surface area contributed by atoms with Gasteiger partial charge in [0, 0.05) is 0 Å². The standard InChI is InChI=1S/C14H30/c1-8-13(11(2)3)9-10-14(6,7)12(4)5/h11-13H,8-10H2,1-7H3. The van der Waals surface area contributed by atoms with Crippen LogP contribution in [0.5, 0.6) is 0 Å². The Morgan fingerprint density at radius 1 is 1.00 bits per heavy atom. The smallest absolute Gasteiger partial charge is 0.0331 e. The zero-order valence-electron chi connectivity index (χ0n) is 11.4. The molecule has 0 nitrogen and oxygen atoms in total. The first kappa shape index (κ1) is 14.0. The van der Waals surface area contributed by atoms with Crippen molar-refractivity contribution in [3.05, 3.63) is 0 Å². The van der Waals surface area contributed by atoms with E-state index in [4.69, 9.17) is 0 Å². The fourth-order valence-corrected chi connectivity index (χ4v) is 1.85. The molecule has 0 rings (SSSR count). The number of rotatable bonds is 6. The van der Waals surface area contributed by atoms with E-state index >= 15 is 0 Å². The predicted molar refractivity (Wildman–Crippen MR) is 66.5 cm³/mol. The first-order valence-corrected chi connectivity index (χ1v) is 6.31. The van der Waals surface area contributed by atoms with Gasteiger partial charge >= 0.3 is 0 Å². The van der Waals surface area contributed by atoms with Crippen molar-refractivity contribution in [2.45, 2.75) is 67.7 Å². The lowest BCUT2D eigenvalue weighted by Gasteiger charge is -2.31. The van der Waals surface area contributed by atoms with Gasteiger partial charge in [0.05, 0.1) is 0 Å². The van der Waals surface area contributed by atoms with E-state index < -0.39 is 0 Å². The van der Waals surface area contributed by atoms with Crippen LogP contribution in [-0.4, -0.2) is 0 Å². The van der Waals surface area contributed by atoms with Crippen LogP contribution in [0.25, 0.3) is 0 Å². The van der Waals surface area contributed by atoms with Gasteiger partial charge in [0.25, 0.3) is 0 Å². The quantitative estimate of drug-likeness (QED) is 0.555. The highest BCUT2D eigenvalue weighted by Gasteiger charge is 2.23. The zero-order valence-corrected chi connectivity index (χ0v) is 11.4. The molecule has 0 aromatic rings. The Morgan fingerprint density at radius 2 is 1.50 bits per heavy atom. The molecule has 14 heavy (non-hydrogen) atoms. The van der Waals surface area contributed by atoms with Crippen LogP contribution in [0.2, 0.25) is 0 Å². The number of hydrogen-bond donors (Lipinski definition) is 0. The van der Waals surface area contributed by atoms with Crippen LogP contribution >= 0.6 is 0 Å². The highest BCUT2D eigenvalue weighted by atomic mass is 14.3. The highest BCUT2D eigenvalue weighted by Crippen LogP contribution is 2.34. The van der Waals surface area contributed by atoms with E-state index in [1.807, 2.05) is 0 Å². The molecule has 0 heterocycles. The van der Waals surface area contributed by atoms with E-state index in [0.717, 1.165) is 17.8 Å². The minimum atomic E-state index is 0.516. The Kier molecular flexibility index (Phi) is 5.78. The Balaban J connectivity index is 4.02. The third kappa shape index (κ3) is 4.48. The number of hydrogen-bond acceptors (Lipinski definition) is 0. The van der Waals surface area contributed by atoms with Crippen molar-refractivity contribution >= 4 is 0 Å². The summed E-state index contributed by atoms with van der Waals surface area (Å²) in [7, 11) is 0. The third-order valence-corrected chi connectivity index (χ3v) is 4.19. The Labute approximate surface area is 91.5 Å². The summed E-state index contributed by atoms with van der Waals surface area (Å²) in [5.41, 5.74) is 0.516. The maximum Gasteiger partial charge on any atom is -0.0331 e. The van der Waals surface area contributed by atoms with Gasteiger partial charge in [-0.05, 0) is 36.0 Å². The van der Waals surface area contributed by atoms with E-state index in [1.165, 1.54) is 19.3 Å². The largest absolute Gasteiger partial charge is 0.0651 e. The van der Waals surface area contributed by atoms with E-state index in [1.54, 1.807) is 0 Å². The van der Waals surface area contributed by atoms with Crippen molar-refractivity contribution < 1.29 is 0 Å². The van der Waals surface area contributed by atoms with E-state index in [2.05, 4.69) is 48.5 Å². The van der Waals surface area contributed by atoms with Gasteiger partial charge in [0.2, 0.25) is 0 Å². The Morgan fingerprint density at radius 3 is 1.79 bits per heavy atom. The molecule has 1 atom stereocenters. The molecular weight excluding hydrogens is 168 g/mol. The summed E-state index contributed by atoms with van der Waals surface area (Å²) in [6.07, 6.45) is 4.12. The second-order valence-corrected chi connectivity index (χ2v) is 6.09. The maximum atomic E-state index is 2.41. The minimum absolute atomic E-state index is 0.516. The molecule has 0 radical (unpaired) electrons. The summed E-state index contributed by atoms with van der Waals surface area (Å²) in [6, 6.07) is 0. The molecule has 0 bridgehead atoms. The van der Waals surface area contributed by atoms with Crippen LogP contribution in [0.4, 0.5) is 0 Å². The molecule has 0 aliphatic carbocycles. The molecule has 0 aromatic carbocycles. The second-order valence-electron chi connectivity index (χ2n) is 6.09. The van der Waals surface area contributed by atoms with E-state index in [9.17, 15) is 0 Å². The fraction of sp³-hybridized carbons (Fsp3) is 1.00. The lowest BCUT2D eigenvalue weighted by molar-refractivity contribution is 0.193. The fourth-order valence-electron chi connectivity index (χ4n) is 1.85. The van der Waals surface area contributed by atoms with Crippen LogP contribution in [0.15, 0.2) is 0 Å². The van der Waals surface area contributed by atoms with Crippen molar-refractivity contribution in [1.29, 1.82) is 0 Å². The lowest BCUT2D eigenvalue weighted by atomic mass is 9.74. The molecule has 0 fully saturated rings. The first-order chi connectivity index (χ1) is 6.31. The molecular formula is C14H30. The van der Waals surface area contributed by atoms with Gasteiger partial charge < -0.3 is 0 Å². The lowest BCUT2D eigenvalue weighted by Crippen LogP contribution is -2.21. The zero-order chi connectivity index (χ0) is 11.4. The SMILES string of the molecule is CCC(CCC(C)(C)C(C)C)C(C)C. The van der Waals surface area contributed by atoms with Crippen LogP contribution in [-0.2, 0) is 0 Å². The normalized spacial score (nSPS) is 15.2. The molecule has 0 saturated heterocycles. The third-order valence-electron chi connectivity index (χ3n) is 4.19. The minimum Gasteiger partial charge on any atom is -0.0651 e. The molecule has 0 aromatic heterocycles. The molecule has 0 amide bonds. The molecule has 0 aliphatic rings. The van der Waals surface area contributed by atoms with Gasteiger partial charge in [0.1, 0.15) is 0 Å². The van der Waals surface area contributed by atoms with Crippen LogP contribution in [0.3, 0.4) is 0 Å². The van der Waals surface area contributed by atoms with Crippen molar-refractivity contribution in [1.82, 2.24) is 0 Å². The van der Waals surface area contributed by atoms with E-state index in [0.29, 0.717) is 5.41 Å². The van der Waals surface area contributed by atoms with Crippen molar-refractivity contribution in [3.63, 3.8) is 0 Å². The monoisotopic (exact) mass is 198 g/mol. The molecule has 0 heteroatoms. The van der Waals surface area contributed by atoms with Gasteiger partial charge in [-0.15, -0.1) is 0 Å². The first-order valence-electron chi connectivity index (χ1n) is 6.31. The topological polar surface area (TPSA) is 0 Å². The van der Waals surface area contributed by atoms with Crippen LogP contribution in [0.1, 0.15) is 67.7 Å². The van der Waals surface area contributed by atoms with Gasteiger partial charge in [-0.3, -0.25) is 0 Å². The van der Waals surface area contributed by atoms with Gasteiger partial charge in [-0.2, -0.15) is 0 Å². The average molecular weight is 198 g/mol. The molecule has 0 N–H and O–H groups in total. The summed E-state index contributed by atoms with van der Waals surface area (Å²) < 4.78 is 0. The molecule has 0 aliphatic heterocycles. The van der Waals surface area contributed by atoms with Crippen molar-refractivity contribution in [2.24, 2.45) is 23.2 Å². The second kappa shape index (κ2) is 5.78. The average Bonchev–Trinajstić information content (AvgIpc) is 2.04. The highest BCUT2D eigenvalue weighted by molar-refractivity contribution is 4.74. The van der Waals surface area contributed by atoms with Crippen molar-refractivity contribution in [3.8, 4) is 0 Å². The molecule has 0 saturated carbocycles. The molecule has 86 valence electrons.